The molecule has 0 saturated carbocycles. The third kappa shape index (κ3) is 7.79. The summed E-state index contributed by atoms with van der Waals surface area (Å²) in [4.78, 5) is 0. The molecule has 0 atom stereocenters. The van der Waals surface area contributed by atoms with Gasteiger partial charge in [0.1, 0.15) is 0 Å². The number of hydrogen-bond donors (Lipinski definition) is 1. The second kappa shape index (κ2) is 8.06. The Morgan fingerprint density at radius 2 is 1.85 bits per heavy atom. The molecule has 1 heteroatoms. The van der Waals surface area contributed by atoms with Gasteiger partial charge < -0.3 is 5.11 Å². The van der Waals surface area contributed by atoms with Crippen molar-refractivity contribution in [3.05, 3.63) is 23.3 Å². The van der Waals surface area contributed by atoms with Crippen molar-refractivity contribution in [2.45, 2.75) is 46.5 Å². The Morgan fingerprint density at radius 3 is 2.31 bits per heavy atom. The predicted octanol–water partition coefficient (Wildman–Crippen LogP) is 3.45. The lowest BCUT2D eigenvalue weighted by Crippen LogP contribution is -1.88. The molecular formula is C12H22O. The average molecular weight is 182 g/mol. The zero-order chi connectivity index (χ0) is 10.1. The molecule has 0 saturated heterocycles. The Kier molecular flexibility index (Phi) is 7.71. The van der Waals surface area contributed by atoms with Gasteiger partial charge in [-0.05, 0) is 33.1 Å². The minimum absolute atomic E-state index is 0.278. The molecule has 0 unspecified atom stereocenters. The van der Waals surface area contributed by atoms with Gasteiger partial charge in [-0.1, -0.05) is 36.6 Å². The molecule has 1 nitrogen and oxygen atoms in total. The first kappa shape index (κ1) is 12.4. The molecule has 0 radical (unpaired) electrons. The third-order valence-electron chi connectivity index (χ3n) is 1.94. The van der Waals surface area contributed by atoms with Crippen molar-refractivity contribution in [1.82, 2.24) is 0 Å². The Balaban J connectivity index is 3.95. The van der Waals surface area contributed by atoms with Crippen LogP contribution in [0.15, 0.2) is 23.3 Å². The summed E-state index contributed by atoms with van der Waals surface area (Å²) < 4.78 is 0. The summed E-state index contributed by atoms with van der Waals surface area (Å²) in [5.41, 5.74) is 2.75. The summed E-state index contributed by atoms with van der Waals surface area (Å²) in [6, 6.07) is 0. The number of aliphatic hydroxyl groups excluding tert-OH is 1. The van der Waals surface area contributed by atoms with Gasteiger partial charge in [0.15, 0.2) is 0 Å². The summed E-state index contributed by atoms with van der Waals surface area (Å²) in [6.45, 7) is 6.67. The van der Waals surface area contributed by atoms with Crippen molar-refractivity contribution in [1.29, 1.82) is 0 Å². The van der Waals surface area contributed by atoms with Crippen LogP contribution in [0.3, 0.4) is 0 Å². The number of allylic oxidation sites excluding steroid dienone is 3. The van der Waals surface area contributed by atoms with Crippen LogP contribution in [0.25, 0.3) is 0 Å². The molecule has 0 aromatic heterocycles. The van der Waals surface area contributed by atoms with Gasteiger partial charge in [0, 0.05) is 6.61 Å². The van der Waals surface area contributed by atoms with Crippen LogP contribution in [0.5, 0.6) is 0 Å². The third-order valence-corrected chi connectivity index (χ3v) is 1.94. The predicted molar refractivity (Wildman–Crippen MR) is 58.7 cm³/mol. The summed E-state index contributed by atoms with van der Waals surface area (Å²) >= 11 is 0. The molecular weight excluding hydrogens is 160 g/mol. The second-order valence-electron chi connectivity index (χ2n) is 3.60. The molecule has 0 fully saturated rings. The van der Waals surface area contributed by atoms with E-state index >= 15 is 0 Å². The number of aliphatic hydroxyl groups is 1. The first-order chi connectivity index (χ1) is 6.20. The van der Waals surface area contributed by atoms with E-state index in [9.17, 15) is 0 Å². The highest BCUT2D eigenvalue weighted by atomic mass is 16.2. The molecule has 0 rings (SSSR count). The largest absolute Gasteiger partial charge is 0.396 e. The SMILES string of the molecule is CCC/C(=C/CC=C(C)C)CCO. The van der Waals surface area contributed by atoms with Crippen LogP contribution in [0, 0.1) is 0 Å². The zero-order valence-electron chi connectivity index (χ0n) is 9.14. The van der Waals surface area contributed by atoms with Crippen molar-refractivity contribution < 1.29 is 5.11 Å². The second-order valence-corrected chi connectivity index (χ2v) is 3.60. The lowest BCUT2D eigenvalue weighted by molar-refractivity contribution is 0.297. The van der Waals surface area contributed by atoms with E-state index in [1.165, 1.54) is 17.6 Å². The monoisotopic (exact) mass is 182 g/mol. The van der Waals surface area contributed by atoms with E-state index in [-0.39, 0.29) is 6.61 Å². The molecule has 0 spiro atoms. The van der Waals surface area contributed by atoms with Crippen molar-refractivity contribution in [2.75, 3.05) is 6.61 Å². The van der Waals surface area contributed by atoms with Crippen LogP contribution in [0.4, 0.5) is 0 Å². The normalized spacial score (nSPS) is 11.5. The molecule has 0 aromatic rings. The summed E-state index contributed by atoms with van der Waals surface area (Å²) in [5.74, 6) is 0. The van der Waals surface area contributed by atoms with Crippen LogP contribution in [-0.4, -0.2) is 11.7 Å². The molecule has 13 heavy (non-hydrogen) atoms. The van der Waals surface area contributed by atoms with Crippen LogP contribution < -0.4 is 0 Å². The van der Waals surface area contributed by atoms with Crippen LogP contribution >= 0.6 is 0 Å². The van der Waals surface area contributed by atoms with E-state index in [0.717, 1.165) is 19.3 Å². The van der Waals surface area contributed by atoms with Crippen LogP contribution in [0.2, 0.25) is 0 Å². The highest BCUT2D eigenvalue weighted by Crippen LogP contribution is 2.10. The maximum Gasteiger partial charge on any atom is 0.0468 e. The van der Waals surface area contributed by atoms with Gasteiger partial charge in [-0.15, -0.1) is 0 Å². The Labute approximate surface area is 82.2 Å². The highest BCUT2D eigenvalue weighted by molar-refractivity contribution is 5.07. The van der Waals surface area contributed by atoms with Crippen molar-refractivity contribution in [3.63, 3.8) is 0 Å². The topological polar surface area (TPSA) is 20.2 Å². The van der Waals surface area contributed by atoms with E-state index in [1.54, 1.807) is 0 Å². The van der Waals surface area contributed by atoms with E-state index in [0.29, 0.717) is 0 Å². The molecule has 0 heterocycles. The molecule has 76 valence electrons. The fraction of sp³-hybridized carbons (Fsp3) is 0.667. The van der Waals surface area contributed by atoms with Crippen LogP contribution in [-0.2, 0) is 0 Å². The first-order valence-electron chi connectivity index (χ1n) is 5.12. The smallest absolute Gasteiger partial charge is 0.0468 e. The average Bonchev–Trinajstić information content (AvgIpc) is 2.04. The summed E-state index contributed by atoms with van der Waals surface area (Å²) in [7, 11) is 0. The molecule has 0 aliphatic heterocycles. The van der Waals surface area contributed by atoms with Crippen LogP contribution in [0.1, 0.15) is 46.5 Å². The van der Waals surface area contributed by atoms with Gasteiger partial charge in [0.2, 0.25) is 0 Å². The highest BCUT2D eigenvalue weighted by Gasteiger charge is 1.93. The Hall–Kier alpha value is -0.560. The lowest BCUT2D eigenvalue weighted by Gasteiger charge is -2.02. The van der Waals surface area contributed by atoms with E-state index in [1.807, 2.05) is 0 Å². The van der Waals surface area contributed by atoms with Gasteiger partial charge in [0.05, 0.1) is 0 Å². The fourth-order valence-corrected chi connectivity index (χ4v) is 1.26. The molecule has 1 N–H and O–H groups in total. The first-order valence-corrected chi connectivity index (χ1v) is 5.12. The minimum Gasteiger partial charge on any atom is -0.396 e. The minimum atomic E-state index is 0.278. The fourth-order valence-electron chi connectivity index (χ4n) is 1.26. The van der Waals surface area contributed by atoms with Gasteiger partial charge in [0.25, 0.3) is 0 Å². The number of hydrogen-bond acceptors (Lipinski definition) is 1. The molecule has 0 aromatic carbocycles. The number of rotatable bonds is 6. The van der Waals surface area contributed by atoms with Crippen molar-refractivity contribution in [2.24, 2.45) is 0 Å². The molecule has 0 aliphatic rings. The summed E-state index contributed by atoms with van der Waals surface area (Å²) in [5, 5.41) is 8.82. The maximum absolute atomic E-state index is 8.82. The standard InChI is InChI=1S/C12H22O/c1-4-6-12(9-10-13)8-5-7-11(2)3/h7-8,13H,4-6,9-10H2,1-3H3/b12-8-. The summed E-state index contributed by atoms with van der Waals surface area (Å²) in [6.07, 6.45) is 8.60. The molecule has 0 amide bonds. The van der Waals surface area contributed by atoms with E-state index in [4.69, 9.17) is 5.11 Å². The molecule has 0 aliphatic carbocycles. The quantitative estimate of drug-likeness (QED) is 0.624. The lowest BCUT2D eigenvalue weighted by atomic mass is 10.1. The Morgan fingerprint density at radius 1 is 1.15 bits per heavy atom. The van der Waals surface area contributed by atoms with Crippen molar-refractivity contribution >= 4 is 0 Å². The van der Waals surface area contributed by atoms with E-state index < -0.39 is 0 Å². The van der Waals surface area contributed by atoms with Gasteiger partial charge in [-0.25, -0.2) is 0 Å². The van der Waals surface area contributed by atoms with Crippen molar-refractivity contribution in [3.8, 4) is 0 Å². The van der Waals surface area contributed by atoms with Gasteiger partial charge >= 0.3 is 0 Å². The Bertz CT molecular complexity index is 166. The van der Waals surface area contributed by atoms with Gasteiger partial charge in [-0.3, -0.25) is 0 Å². The zero-order valence-corrected chi connectivity index (χ0v) is 9.14. The van der Waals surface area contributed by atoms with E-state index in [2.05, 4.69) is 32.9 Å². The maximum atomic E-state index is 8.82. The van der Waals surface area contributed by atoms with Gasteiger partial charge in [-0.2, -0.15) is 0 Å². The molecule has 0 bridgehead atoms.